The van der Waals surface area contributed by atoms with Gasteiger partial charge in [-0.15, -0.1) is 0 Å². The number of hydroxylamine groups is 2. The average Bonchev–Trinajstić information content (AvgIpc) is 2.23. The summed E-state index contributed by atoms with van der Waals surface area (Å²) in [5, 5.41) is 12.2. The van der Waals surface area contributed by atoms with E-state index in [1.54, 1.807) is 0 Å². The van der Waals surface area contributed by atoms with Gasteiger partial charge in [-0.25, -0.2) is 0 Å². The Morgan fingerprint density at radius 3 is 1.94 bits per heavy atom. The van der Waals surface area contributed by atoms with Gasteiger partial charge in [0, 0.05) is 11.1 Å². The fourth-order valence-electron chi connectivity index (χ4n) is 3.82. The summed E-state index contributed by atoms with van der Waals surface area (Å²) in [5.74, 6) is 0. The second kappa shape index (κ2) is 5.10. The molecule has 3 heteroatoms. The predicted octanol–water partition coefficient (Wildman–Crippen LogP) is 3.26. The van der Waals surface area contributed by atoms with Crippen LogP contribution in [0.3, 0.4) is 0 Å². The summed E-state index contributed by atoms with van der Waals surface area (Å²) in [6.45, 7) is 8.72. The molecule has 0 bridgehead atoms. The van der Waals surface area contributed by atoms with Crippen LogP contribution in [-0.2, 0) is 4.84 Å². The van der Waals surface area contributed by atoms with Crippen LogP contribution in [0.25, 0.3) is 0 Å². The minimum absolute atomic E-state index is 0.0847. The standard InChI is InChI=1S/C15H29NO2/c1-14(2)10-12(17)11-15(3,4)16(14)18-13-8-6-5-7-9-13/h12-13,17H,5-11H2,1-4H3. The molecule has 2 fully saturated rings. The molecule has 0 amide bonds. The van der Waals surface area contributed by atoms with Crippen molar-refractivity contribution in [1.82, 2.24) is 5.06 Å². The van der Waals surface area contributed by atoms with E-state index in [4.69, 9.17) is 4.84 Å². The minimum atomic E-state index is -0.207. The minimum Gasteiger partial charge on any atom is -0.393 e. The molecule has 0 radical (unpaired) electrons. The molecule has 1 heterocycles. The first-order chi connectivity index (χ1) is 8.31. The summed E-state index contributed by atoms with van der Waals surface area (Å²) < 4.78 is 0. The Bertz CT molecular complexity index is 264. The summed E-state index contributed by atoms with van der Waals surface area (Å²) in [5.41, 5.74) is -0.169. The molecule has 3 nitrogen and oxygen atoms in total. The predicted molar refractivity (Wildman–Crippen MR) is 73.2 cm³/mol. The highest BCUT2D eigenvalue weighted by molar-refractivity contribution is 4.96. The molecule has 18 heavy (non-hydrogen) atoms. The second-order valence-corrected chi connectivity index (χ2v) is 7.35. The molecule has 0 aromatic carbocycles. The smallest absolute Gasteiger partial charge is 0.0793 e. The van der Waals surface area contributed by atoms with Crippen LogP contribution in [0.2, 0.25) is 0 Å². The highest BCUT2D eigenvalue weighted by atomic mass is 16.7. The van der Waals surface area contributed by atoms with Gasteiger partial charge in [0.1, 0.15) is 0 Å². The van der Waals surface area contributed by atoms with Crippen LogP contribution in [-0.4, -0.2) is 33.5 Å². The largest absolute Gasteiger partial charge is 0.393 e. The van der Waals surface area contributed by atoms with Crippen molar-refractivity contribution < 1.29 is 9.94 Å². The Morgan fingerprint density at radius 2 is 1.44 bits per heavy atom. The van der Waals surface area contributed by atoms with E-state index in [-0.39, 0.29) is 17.2 Å². The first kappa shape index (κ1) is 14.3. The van der Waals surface area contributed by atoms with Gasteiger partial charge in [-0.1, -0.05) is 19.3 Å². The van der Waals surface area contributed by atoms with Gasteiger partial charge in [0.2, 0.25) is 0 Å². The molecule has 0 unspecified atom stereocenters. The first-order valence-corrected chi connectivity index (χ1v) is 7.46. The highest BCUT2D eigenvalue weighted by Crippen LogP contribution is 2.40. The molecule has 2 rings (SSSR count). The molecule has 0 atom stereocenters. The number of rotatable bonds is 2. The molecular formula is C15H29NO2. The second-order valence-electron chi connectivity index (χ2n) is 7.35. The molecule has 1 saturated carbocycles. The number of hydrogen-bond donors (Lipinski definition) is 1. The Morgan fingerprint density at radius 1 is 0.944 bits per heavy atom. The summed E-state index contributed by atoms with van der Waals surface area (Å²) >= 11 is 0. The van der Waals surface area contributed by atoms with E-state index in [1.807, 2.05) is 0 Å². The van der Waals surface area contributed by atoms with Crippen LogP contribution in [0.15, 0.2) is 0 Å². The summed E-state index contributed by atoms with van der Waals surface area (Å²) in [7, 11) is 0. The lowest BCUT2D eigenvalue weighted by Gasteiger charge is -2.54. The van der Waals surface area contributed by atoms with Gasteiger partial charge < -0.3 is 5.11 Å². The van der Waals surface area contributed by atoms with Crippen molar-refractivity contribution in [1.29, 1.82) is 0 Å². The van der Waals surface area contributed by atoms with Crippen molar-refractivity contribution in [2.75, 3.05) is 0 Å². The van der Waals surface area contributed by atoms with Crippen molar-refractivity contribution >= 4 is 0 Å². The number of aliphatic hydroxyl groups excluding tert-OH is 1. The van der Waals surface area contributed by atoms with Crippen molar-refractivity contribution in [2.45, 2.75) is 95.9 Å². The monoisotopic (exact) mass is 255 g/mol. The van der Waals surface area contributed by atoms with Gasteiger partial charge in [-0.3, -0.25) is 4.84 Å². The number of aliphatic hydroxyl groups is 1. The molecule has 1 aliphatic heterocycles. The lowest BCUT2D eigenvalue weighted by Crippen LogP contribution is -2.62. The van der Waals surface area contributed by atoms with Crippen LogP contribution >= 0.6 is 0 Å². The normalized spacial score (nSPS) is 30.5. The van der Waals surface area contributed by atoms with Gasteiger partial charge in [0.15, 0.2) is 0 Å². The molecule has 0 spiro atoms. The van der Waals surface area contributed by atoms with Crippen LogP contribution in [0.4, 0.5) is 0 Å². The van der Waals surface area contributed by atoms with Crippen LogP contribution in [0.1, 0.15) is 72.6 Å². The summed E-state index contributed by atoms with van der Waals surface area (Å²) in [6, 6.07) is 0. The average molecular weight is 255 g/mol. The fourth-order valence-corrected chi connectivity index (χ4v) is 3.82. The van der Waals surface area contributed by atoms with Gasteiger partial charge in [0.25, 0.3) is 0 Å². The number of hydrogen-bond acceptors (Lipinski definition) is 3. The zero-order chi connectivity index (χ0) is 13.4. The van der Waals surface area contributed by atoms with Crippen molar-refractivity contribution in [3.63, 3.8) is 0 Å². The molecule has 106 valence electrons. The van der Waals surface area contributed by atoms with Gasteiger partial charge >= 0.3 is 0 Å². The molecule has 1 aliphatic carbocycles. The maximum absolute atomic E-state index is 10.0. The summed E-state index contributed by atoms with van der Waals surface area (Å²) in [4.78, 5) is 6.33. The quantitative estimate of drug-likeness (QED) is 0.822. The van der Waals surface area contributed by atoms with E-state index in [2.05, 4.69) is 32.8 Å². The molecular weight excluding hydrogens is 226 g/mol. The van der Waals surface area contributed by atoms with E-state index in [9.17, 15) is 5.11 Å². The third-order valence-electron chi connectivity index (χ3n) is 4.38. The molecule has 2 aliphatic rings. The van der Waals surface area contributed by atoms with E-state index < -0.39 is 0 Å². The van der Waals surface area contributed by atoms with Crippen molar-refractivity contribution in [3.8, 4) is 0 Å². The topological polar surface area (TPSA) is 32.7 Å². The van der Waals surface area contributed by atoms with E-state index in [0.29, 0.717) is 6.10 Å². The zero-order valence-corrected chi connectivity index (χ0v) is 12.4. The van der Waals surface area contributed by atoms with Gasteiger partial charge in [0.05, 0.1) is 12.2 Å². The van der Waals surface area contributed by atoms with Crippen molar-refractivity contribution in [3.05, 3.63) is 0 Å². The Hall–Kier alpha value is -0.120. The number of piperidine rings is 1. The van der Waals surface area contributed by atoms with Crippen LogP contribution in [0, 0.1) is 0 Å². The highest BCUT2D eigenvalue weighted by Gasteiger charge is 2.46. The fraction of sp³-hybridized carbons (Fsp3) is 1.00. The third kappa shape index (κ3) is 3.06. The van der Waals surface area contributed by atoms with Gasteiger partial charge in [-0.2, -0.15) is 5.06 Å². The first-order valence-electron chi connectivity index (χ1n) is 7.46. The zero-order valence-electron chi connectivity index (χ0n) is 12.4. The maximum atomic E-state index is 10.0. The van der Waals surface area contributed by atoms with Crippen molar-refractivity contribution in [2.24, 2.45) is 0 Å². The molecule has 1 saturated heterocycles. The molecule has 0 aromatic rings. The van der Waals surface area contributed by atoms with E-state index in [1.165, 1.54) is 32.1 Å². The Kier molecular flexibility index (Phi) is 4.05. The lowest BCUT2D eigenvalue weighted by atomic mass is 9.80. The SMILES string of the molecule is CC1(C)CC(O)CC(C)(C)N1OC1CCCCC1. The Labute approximate surface area is 111 Å². The van der Waals surface area contributed by atoms with Gasteiger partial charge in [-0.05, 0) is 53.4 Å². The number of nitrogens with zero attached hydrogens (tertiary/aromatic N) is 1. The molecule has 1 N–H and O–H groups in total. The van der Waals surface area contributed by atoms with E-state index in [0.717, 1.165) is 12.8 Å². The maximum Gasteiger partial charge on any atom is 0.0793 e. The van der Waals surface area contributed by atoms with Crippen LogP contribution in [0.5, 0.6) is 0 Å². The van der Waals surface area contributed by atoms with Crippen LogP contribution < -0.4 is 0 Å². The third-order valence-corrected chi connectivity index (χ3v) is 4.38. The molecule has 0 aromatic heterocycles. The Balaban J connectivity index is 2.07. The van der Waals surface area contributed by atoms with E-state index >= 15 is 0 Å². The summed E-state index contributed by atoms with van der Waals surface area (Å²) in [6.07, 6.45) is 8.08. The lowest BCUT2D eigenvalue weighted by molar-refractivity contribution is -0.317.